The smallest absolute Gasteiger partial charge is 0.279 e. The van der Waals surface area contributed by atoms with Gasteiger partial charge in [0.2, 0.25) is 10.0 Å². The average Bonchev–Trinajstić information content (AvgIpc) is 3.10. The molecular weight excluding hydrogens is 456 g/mol. The molecule has 1 amide bonds. The average molecular weight is 482 g/mol. The first-order chi connectivity index (χ1) is 15.2. The van der Waals surface area contributed by atoms with E-state index in [1.165, 1.54) is 39.2 Å². The monoisotopic (exact) mass is 481 g/mol. The zero-order valence-electron chi connectivity index (χ0n) is 18.1. The molecular formula is C22H25F2N3O3S2. The highest BCUT2D eigenvalue weighted by Crippen LogP contribution is 2.22. The third kappa shape index (κ3) is 4.82. The second-order valence-corrected chi connectivity index (χ2v) is 10.2. The van der Waals surface area contributed by atoms with E-state index in [0.29, 0.717) is 37.2 Å². The maximum atomic E-state index is 14.3. The van der Waals surface area contributed by atoms with Crippen molar-refractivity contribution in [1.82, 2.24) is 8.87 Å². The SMILES string of the molecule is CCCN(CCC)S(=O)(=O)c1ccc(C(=O)N=c2sc3cc(F)cc(F)c3n2CC)cc1. The van der Waals surface area contributed by atoms with Crippen molar-refractivity contribution in [2.75, 3.05) is 13.1 Å². The van der Waals surface area contributed by atoms with Gasteiger partial charge in [-0.25, -0.2) is 17.2 Å². The van der Waals surface area contributed by atoms with Crippen LogP contribution < -0.4 is 4.80 Å². The third-order valence-corrected chi connectivity index (χ3v) is 7.83. The number of hydrogen-bond donors (Lipinski definition) is 0. The summed E-state index contributed by atoms with van der Waals surface area (Å²) < 4.78 is 56.9. The zero-order chi connectivity index (χ0) is 23.5. The number of aryl methyl sites for hydroxylation is 1. The summed E-state index contributed by atoms with van der Waals surface area (Å²) in [7, 11) is -3.65. The van der Waals surface area contributed by atoms with Crippen LogP contribution in [0.15, 0.2) is 46.3 Å². The van der Waals surface area contributed by atoms with Gasteiger partial charge in [0.05, 0.1) is 15.1 Å². The van der Waals surface area contributed by atoms with Gasteiger partial charge in [-0.05, 0) is 50.1 Å². The molecule has 0 N–H and O–H groups in total. The Labute approximate surface area is 189 Å². The molecule has 0 aliphatic carbocycles. The van der Waals surface area contributed by atoms with Gasteiger partial charge >= 0.3 is 0 Å². The van der Waals surface area contributed by atoms with Crippen molar-refractivity contribution in [3.8, 4) is 0 Å². The number of rotatable bonds is 8. The second-order valence-electron chi connectivity index (χ2n) is 7.21. The van der Waals surface area contributed by atoms with E-state index >= 15 is 0 Å². The number of nitrogens with zero attached hydrogens (tertiary/aromatic N) is 3. The van der Waals surface area contributed by atoms with E-state index in [9.17, 15) is 22.0 Å². The molecule has 1 heterocycles. The van der Waals surface area contributed by atoms with Crippen LogP contribution in [0, 0.1) is 11.6 Å². The molecule has 0 fully saturated rings. The first-order valence-corrected chi connectivity index (χ1v) is 12.7. The van der Waals surface area contributed by atoms with Crippen molar-refractivity contribution in [3.05, 3.63) is 58.4 Å². The maximum Gasteiger partial charge on any atom is 0.279 e. The first-order valence-electron chi connectivity index (χ1n) is 10.4. The number of sulfonamides is 1. The predicted molar refractivity (Wildman–Crippen MR) is 121 cm³/mol. The summed E-state index contributed by atoms with van der Waals surface area (Å²) in [5, 5.41) is 0. The van der Waals surface area contributed by atoms with Crippen molar-refractivity contribution in [1.29, 1.82) is 0 Å². The topological polar surface area (TPSA) is 71.7 Å². The predicted octanol–water partition coefficient (Wildman–Crippen LogP) is 4.55. The van der Waals surface area contributed by atoms with Gasteiger partial charge in [-0.15, -0.1) is 0 Å². The lowest BCUT2D eigenvalue weighted by atomic mass is 10.2. The number of amides is 1. The van der Waals surface area contributed by atoms with Gasteiger partial charge in [0.15, 0.2) is 10.6 Å². The van der Waals surface area contributed by atoms with Gasteiger partial charge in [-0.2, -0.15) is 9.30 Å². The van der Waals surface area contributed by atoms with Gasteiger partial charge in [-0.1, -0.05) is 25.2 Å². The summed E-state index contributed by atoms with van der Waals surface area (Å²) >= 11 is 1.01. The molecule has 172 valence electrons. The minimum atomic E-state index is -3.65. The molecule has 1 aromatic heterocycles. The van der Waals surface area contributed by atoms with E-state index < -0.39 is 27.6 Å². The van der Waals surface area contributed by atoms with Crippen molar-refractivity contribution in [3.63, 3.8) is 0 Å². The Kier molecular flexibility index (Phi) is 7.58. The first kappa shape index (κ1) is 24.2. The molecule has 3 aromatic rings. The van der Waals surface area contributed by atoms with Crippen LogP contribution in [0.25, 0.3) is 10.2 Å². The molecule has 2 aromatic carbocycles. The molecule has 0 radical (unpaired) electrons. The van der Waals surface area contributed by atoms with Crippen LogP contribution in [0.3, 0.4) is 0 Å². The van der Waals surface area contributed by atoms with Crippen LogP contribution >= 0.6 is 11.3 Å². The molecule has 3 rings (SSSR count). The highest BCUT2D eigenvalue weighted by molar-refractivity contribution is 7.89. The highest BCUT2D eigenvalue weighted by Gasteiger charge is 2.23. The van der Waals surface area contributed by atoms with Crippen LogP contribution in [0.1, 0.15) is 44.0 Å². The quantitative estimate of drug-likeness (QED) is 0.474. The van der Waals surface area contributed by atoms with Crippen molar-refractivity contribution < 1.29 is 22.0 Å². The number of aromatic nitrogens is 1. The Hall–Kier alpha value is -2.43. The molecule has 0 unspecified atom stereocenters. The van der Waals surface area contributed by atoms with E-state index in [0.717, 1.165) is 17.4 Å². The highest BCUT2D eigenvalue weighted by atomic mass is 32.2. The normalized spacial score (nSPS) is 12.8. The Morgan fingerprint density at radius 1 is 1.06 bits per heavy atom. The molecule has 32 heavy (non-hydrogen) atoms. The number of carbonyl (C=O) groups excluding carboxylic acids is 1. The number of hydrogen-bond acceptors (Lipinski definition) is 4. The van der Waals surface area contributed by atoms with Gasteiger partial charge in [0.25, 0.3) is 5.91 Å². The summed E-state index contributed by atoms with van der Waals surface area (Å²) in [6.45, 7) is 6.79. The van der Waals surface area contributed by atoms with Gasteiger partial charge in [-0.3, -0.25) is 4.79 Å². The Bertz CT molecular complexity index is 1290. The molecule has 0 spiro atoms. The van der Waals surface area contributed by atoms with Crippen molar-refractivity contribution >= 4 is 37.5 Å². The number of carbonyl (C=O) groups is 1. The molecule has 6 nitrogen and oxygen atoms in total. The summed E-state index contributed by atoms with van der Waals surface area (Å²) in [5.74, 6) is -2.01. The summed E-state index contributed by atoms with van der Waals surface area (Å²) in [5.41, 5.74) is 0.395. The Morgan fingerprint density at radius 2 is 1.69 bits per heavy atom. The van der Waals surface area contributed by atoms with E-state index in [-0.39, 0.29) is 20.8 Å². The van der Waals surface area contributed by atoms with Crippen LogP contribution in [0.4, 0.5) is 8.78 Å². The number of fused-ring (bicyclic) bond motifs is 1. The molecule has 0 saturated heterocycles. The maximum absolute atomic E-state index is 14.3. The molecule has 0 atom stereocenters. The molecule has 10 heteroatoms. The lowest BCUT2D eigenvalue weighted by Crippen LogP contribution is -2.32. The molecule has 0 bridgehead atoms. The third-order valence-electron chi connectivity index (χ3n) is 4.89. The van der Waals surface area contributed by atoms with Gasteiger partial charge in [0, 0.05) is 31.3 Å². The van der Waals surface area contributed by atoms with E-state index in [1.54, 1.807) is 6.92 Å². The Morgan fingerprint density at radius 3 is 2.25 bits per heavy atom. The largest absolute Gasteiger partial charge is 0.314 e. The number of thiazole rings is 1. The molecule has 0 saturated carbocycles. The van der Waals surface area contributed by atoms with E-state index in [1.807, 2.05) is 13.8 Å². The van der Waals surface area contributed by atoms with Crippen LogP contribution in [0.5, 0.6) is 0 Å². The fourth-order valence-electron chi connectivity index (χ4n) is 3.43. The van der Waals surface area contributed by atoms with Gasteiger partial charge < -0.3 is 4.57 Å². The summed E-state index contributed by atoms with van der Waals surface area (Å²) in [6, 6.07) is 7.62. The van der Waals surface area contributed by atoms with Crippen molar-refractivity contribution in [2.45, 2.75) is 45.1 Å². The van der Waals surface area contributed by atoms with Crippen LogP contribution in [-0.4, -0.2) is 36.3 Å². The van der Waals surface area contributed by atoms with Crippen LogP contribution in [0.2, 0.25) is 0 Å². The lowest BCUT2D eigenvalue weighted by Gasteiger charge is -2.21. The van der Waals surface area contributed by atoms with E-state index in [4.69, 9.17) is 0 Å². The van der Waals surface area contributed by atoms with Gasteiger partial charge in [0.1, 0.15) is 5.82 Å². The molecule has 0 aliphatic rings. The zero-order valence-corrected chi connectivity index (χ0v) is 19.8. The van der Waals surface area contributed by atoms with Crippen molar-refractivity contribution in [2.24, 2.45) is 4.99 Å². The second kappa shape index (κ2) is 10.0. The lowest BCUT2D eigenvalue weighted by molar-refractivity contribution is 0.0997. The standard InChI is InChI=1S/C22H25F2N3O3S2/c1-4-11-26(12-5-2)32(29,30)17-9-7-15(8-10-17)21(28)25-22-27(6-3)20-18(24)13-16(23)14-19(20)31-22/h7-10,13-14H,4-6,11-12H2,1-3H3. The number of halogens is 2. The summed E-state index contributed by atoms with van der Waals surface area (Å²) in [6.07, 6.45) is 1.40. The van der Waals surface area contributed by atoms with E-state index in [2.05, 4.69) is 4.99 Å². The Balaban J connectivity index is 1.96. The minimum absolute atomic E-state index is 0.110. The van der Waals surface area contributed by atoms with Crippen LogP contribution in [-0.2, 0) is 16.6 Å². The fourth-order valence-corrected chi connectivity index (χ4v) is 6.18. The number of benzene rings is 2. The minimum Gasteiger partial charge on any atom is -0.314 e. The summed E-state index contributed by atoms with van der Waals surface area (Å²) in [4.78, 5) is 17.1. The fraction of sp³-hybridized carbons (Fsp3) is 0.364. The molecule has 0 aliphatic heterocycles.